The fourth-order valence-corrected chi connectivity index (χ4v) is 3.51. The van der Waals surface area contributed by atoms with Gasteiger partial charge in [-0.3, -0.25) is 5.10 Å². The molecule has 0 radical (unpaired) electrons. The summed E-state index contributed by atoms with van der Waals surface area (Å²) in [4.78, 5) is 22.1. The average molecular weight is 329 g/mol. The van der Waals surface area contributed by atoms with Crippen molar-refractivity contribution >= 4 is 11.8 Å². The predicted molar refractivity (Wildman–Crippen MR) is 84.7 cm³/mol. The summed E-state index contributed by atoms with van der Waals surface area (Å²) in [6, 6.07) is 0. The highest BCUT2D eigenvalue weighted by Crippen LogP contribution is 2.40. The highest BCUT2D eigenvalue weighted by Gasteiger charge is 2.42. The van der Waals surface area contributed by atoms with E-state index in [4.69, 9.17) is 4.74 Å². The fraction of sp³-hybridized carbons (Fsp3) is 0.500. The Labute approximate surface area is 139 Å². The van der Waals surface area contributed by atoms with Crippen LogP contribution >= 0.6 is 0 Å². The number of esters is 1. The van der Waals surface area contributed by atoms with Crippen LogP contribution in [0.1, 0.15) is 34.6 Å². The molecule has 1 spiro atoms. The molecule has 2 aliphatic heterocycles. The van der Waals surface area contributed by atoms with E-state index >= 15 is 0 Å². The summed E-state index contributed by atoms with van der Waals surface area (Å²) < 4.78 is 10.8. The number of fused-ring (bicyclic) bond motifs is 2. The fourth-order valence-electron chi connectivity index (χ4n) is 3.51. The molecule has 1 fully saturated rings. The maximum Gasteiger partial charge on any atom is 0.358 e. The van der Waals surface area contributed by atoms with Gasteiger partial charge in [0.15, 0.2) is 5.69 Å². The number of hydrogen-bond donors (Lipinski definition) is 1. The average Bonchev–Trinajstić information content (AvgIpc) is 3.12. The van der Waals surface area contributed by atoms with E-state index in [-0.39, 0.29) is 11.3 Å². The highest BCUT2D eigenvalue weighted by atomic mass is 16.5. The first-order chi connectivity index (χ1) is 11.7. The molecule has 0 aromatic carbocycles. The van der Waals surface area contributed by atoms with Crippen molar-refractivity contribution in [3.8, 4) is 0 Å². The summed E-state index contributed by atoms with van der Waals surface area (Å²) in [6.07, 6.45) is 7.62. The molecule has 2 aromatic heterocycles. The van der Waals surface area contributed by atoms with Gasteiger partial charge < -0.3 is 14.4 Å². The predicted octanol–water partition coefficient (Wildman–Crippen LogP) is 1.05. The topological polar surface area (TPSA) is 93.2 Å². The molecule has 126 valence electrons. The number of rotatable bonds is 2. The van der Waals surface area contributed by atoms with Crippen molar-refractivity contribution in [2.45, 2.75) is 24.9 Å². The van der Waals surface area contributed by atoms with E-state index in [1.807, 2.05) is 6.20 Å². The van der Waals surface area contributed by atoms with Crippen LogP contribution in [0.5, 0.6) is 0 Å². The number of aromatic nitrogens is 4. The second-order valence-corrected chi connectivity index (χ2v) is 6.10. The van der Waals surface area contributed by atoms with Crippen LogP contribution < -0.4 is 4.90 Å². The minimum Gasteiger partial charge on any atom is -0.464 e. The molecule has 2 aromatic rings. The standard InChI is InChI=1S/C16H19N5O3/c1-23-15(22)12-9-18-13(10-17-12)21-5-3-16(4-6-21)14-11(2-7-24-16)8-19-20-14/h8-10H,2-7H2,1H3,(H,19,20). The van der Waals surface area contributed by atoms with Gasteiger partial charge in [-0.15, -0.1) is 0 Å². The zero-order valence-corrected chi connectivity index (χ0v) is 13.5. The van der Waals surface area contributed by atoms with Gasteiger partial charge in [-0.05, 0) is 24.8 Å². The number of ether oxygens (including phenoxy) is 2. The molecule has 8 nitrogen and oxygen atoms in total. The number of nitrogens with one attached hydrogen (secondary N) is 1. The number of methoxy groups -OCH3 is 1. The second-order valence-electron chi connectivity index (χ2n) is 6.10. The van der Waals surface area contributed by atoms with Crippen LogP contribution in [0.15, 0.2) is 18.6 Å². The summed E-state index contributed by atoms with van der Waals surface area (Å²) in [5, 5.41) is 7.31. The molecule has 0 aliphatic carbocycles. The van der Waals surface area contributed by atoms with Gasteiger partial charge in [0.25, 0.3) is 0 Å². The lowest BCUT2D eigenvalue weighted by Crippen LogP contribution is -2.47. The van der Waals surface area contributed by atoms with Crippen molar-refractivity contribution in [3.63, 3.8) is 0 Å². The molecular formula is C16H19N5O3. The SMILES string of the molecule is COC(=O)c1cnc(N2CCC3(CC2)OCCc2cn[nH]c23)cn1. The summed E-state index contributed by atoms with van der Waals surface area (Å²) in [7, 11) is 1.33. The normalized spacial score (nSPS) is 19.1. The minimum atomic E-state index is -0.478. The number of hydrogen-bond acceptors (Lipinski definition) is 7. The first kappa shape index (κ1) is 15.1. The van der Waals surface area contributed by atoms with Crippen molar-refractivity contribution in [1.29, 1.82) is 0 Å². The lowest BCUT2D eigenvalue weighted by Gasteiger charge is -2.43. The van der Waals surface area contributed by atoms with E-state index in [2.05, 4.69) is 29.8 Å². The number of H-pyrrole nitrogens is 1. The third kappa shape index (κ3) is 2.43. The molecule has 24 heavy (non-hydrogen) atoms. The van der Waals surface area contributed by atoms with Gasteiger partial charge in [-0.25, -0.2) is 14.8 Å². The Bertz CT molecular complexity index is 734. The van der Waals surface area contributed by atoms with Gasteiger partial charge in [-0.2, -0.15) is 5.10 Å². The molecular weight excluding hydrogens is 310 g/mol. The van der Waals surface area contributed by atoms with Crippen LogP contribution in [-0.4, -0.2) is 52.9 Å². The van der Waals surface area contributed by atoms with E-state index in [1.165, 1.54) is 18.9 Å². The van der Waals surface area contributed by atoms with Crippen molar-refractivity contribution in [3.05, 3.63) is 35.5 Å². The molecule has 4 heterocycles. The van der Waals surface area contributed by atoms with Crippen LogP contribution in [0.25, 0.3) is 0 Å². The van der Waals surface area contributed by atoms with Gasteiger partial charge in [0.05, 0.1) is 38.0 Å². The molecule has 0 saturated carbocycles. The number of piperidine rings is 1. The highest BCUT2D eigenvalue weighted by molar-refractivity contribution is 5.86. The van der Waals surface area contributed by atoms with Gasteiger partial charge in [-0.1, -0.05) is 0 Å². The first-order valence-electron chi connectivity index (χ1n) is 8.04. The number of carbonyl (C=O) groups excluding carboxylic acids is 1. The van der Waals surface area contributed by atoms with Gasteiger partial charge in [0.2, 0.25) is 0 Å². The lowest BCUT2D eigenvalue weighted by atomic mass is 9.84. The third-order valence-corrected chi connectivity index (χ3v) is 4.85. The van der Waals surface area contributed by atoms with E-state index in [0.29, 0.717) is 0 Å². The summed E-state index contributed by atoms with van der Waals surface area (Å²) >= 11 is 0. The zero-order chi connectivity index (χ0) is 16.6. The number of aromatic amines is 1. The largest absolute Gasteiger partial charge is 0.464 e. The van der Waals surface area contributed by atoms with Crippen LogP contribution in [0.3, 0.4) is 0 Å². The first-order valence-corrected chi connectivity index (χ1v) is 8.04. The molecule has 2 aliphatic rings. The van der Waals surface area contributed by atoms with Crippen molar-refractivity contribution < 1.29 is 14.3 Å². The quantitative estimate of drug-likeness (QED) is 0.823. The van der Waals surface area contributed by atoms with Gasteiger partial charge in [0, 0.05) is 13.1 Å². The van der Waals surface area contributed by atoms with Gasteiger partial charge >= 0.3 is 5.97 Å². The molecule has 0 amide bonds. The van der Waals surface area contributed by atoms with E-state index in [1.54, 1.807) is 6.20 Å². The molecule has 1 N–H and O–H groups in total. The molecule has 4 rings (SSSR count). The van der Waals surface area contributed by atoms with E-state index < -0.39 is 5.97 Å². The van der Waals surface area contributed by atoms with Crippen molar-refractivity contribution in [1.82, 2.24) is 20.2 Å². The third-order valence-electron chi connectivity index (χ3n) is 4.85. The van der Waals surface area contributed by atoms with E-state index in [9.17, 15) is 4.79 Å². The molecule has 0 atom stereocenters. The van der Waals surface area contributed by atoms with Crippen LogP contribution in [0.4, 0.5) is 5.82 Å². The Hall–Kier alpha value is -2.48. The Morgan fingerprint density at radius 3 is 2.83 bits per heavy atom. The number of anilines is 1. The summed E-state index contributed by atoms with van der Waals surface area (Å²) in [5.41, 5.74) is 2.34. The zero-order valence-electron chi connectivity index (χ0n) is 13.5. The van der Waals surface area contributed by atoms with Crippen LogP contribution in [-0.2, 0) is 21.5 Å². The van der Waals surface area contributed by atoms with Gasteiger partial charge in [0.1, 0.15) is 11.4 Å². The molecule has 8 heteroatoms. The Morgan fingerprint density at radius 2 is 2.12 bits per heavy atom. The summed E-state index contributed by atoms with van der Waals surface area (Å²) in [6.45, 7) is 2.36. The van der Waals surface area contributed by atoms with Crippen LogP contribution in [0.2, 0.25) is 0 Å². The second kappa shape index (κ2) is 5.86. The molecule has 0 bridgehead atoms. The van der Waals surface area contributed by atoms with Crippen molar-refractivity contribution in [2.75, 3.05) is 31.7 Å². The monoisotopic (exact) mass is 329 g/mol. The molecule has 0 unspecified atom stereocenters. The Morgan fingerprint density at radius 1 is 1.29 bits per heavy atom. The number of nitrogens with zero attached hydrogens (tertiary/aromatic N) is 4. The maximum absolute atomic E-state index is 11.4. The number of carbonyl (C=O) groups is 1. The van der Waals surface area contributed by atoms with E-state index in [0.717, 1.165) is 50.5 Å². The maximum atomic E-state index is 11.4. The summed E-state index contributed by atoms with van der Waals surface area (Å²) in [5.74, 6) is 0.284. The Kier molecular flexibility index (Phi) is 3.68. The minimum absolute atomic E-state index is 0.215. The lowest BCUT2D eigenvalue weighted by molar-refractivity contribution is -0.0796. The van der Waals surface area contributed by atoms with Crippen molar-refractivity contribution in [2.24, 2.45) is 0 Å². The smallest absolute Gasteiger partial charge is 0.358 e. The van der Waals surface area contributed by atoms with Crippen LogP contribution in [0, 0.1) is 0 Å². The Balaban J connectivity index is 1.48. The molecule has 1 saturated heterocycles.